The molecule has 18 heavy (non-hydrogen) atoms. The number of hydrogen-bond donors (Lipinski definition) is 1. The molecule has 0 aromatic carbocycles. The van der Waals surface area contributed by atoms with Crippen LogP contribution in [-0.2, 0) is 4.74 Å². The Labute approximate surface area is 104 Å². The predicted molar refractivity (Wildman–Crippen MR) is 62.9 cm³/mol. The van der Waals surface area contributed by atoms with E-state index in [9.17, 15) is 9.18 Å². The summed E-state index contributed by atoms with van der Waals surface area (Å²) in [6.07, 6.45) is 2.54. The maximum Gasteiger partial charge on any atom is 0.415 e. The van der Waals surface area contributed by atoms with Crippen LogP contribution in [-0.4, -0.2) is 36.3 Å². The van der Waals surface area contributed by atoms with Gasteiger partial charge >= 0.3 is 6.09 Å². The van der Waals surface area contributed by atoms with Crippen molar-refractivity contribution >= 4 is 11.8 Å². The smallest absolute Gasteiger partial charge is 0.415 e. The number of ether oxygens (including phenoxy) is 1. The summed E-state index contributed by atoms with van der Waals surface area (Å²) in [5.74, 6) is -0.591. The van der Waals surface area contributed by atoms with Crippen molar-refractivity contribution in [3.05, 3.63) is 24.3 Å². The van der Waals surface area contributed by atoms with E-state index in [4.69, 9.17) is 4.74 Å². The fourth-order valence-electron chi connectivity index (χ4n) is 2.52. The quantitative estimate of drug-likeness (QED) is 0.764. The average Bonchev–Trinajstić information content (AvgIpc) is 2.67. The highest BCUT2D eigenvalue weighted by Gasteiger charge is 2.46. The highest BCUT2D eigenvalue weighted by Crippen LogP contribution is 2.33. The first-order valence-corrected chi connectivity index (χ1v) is 6.01. The van der Waals surface area contributed by atoms with Gasteiger partial charge in [0.15, 0.2) is 0 Å². The summed E-state index contributed by atoms with van der Waals surface area (Å²) in [5, 5.41) is 3.23. The molecule has 2 saturated heterocycles. The van der Waals surface area contributed by atoms with E-state index in [0.717, 1.165) is 25.9 Å². The van der Waals surface area contributed by atoms with Crippen LogP contribution in [0.5, 0.6) is 0 Å². The van der Waals surface area contributed by atoms with E-state index in [2.05, 4.69) is 10.3 Å². The van der Waals surface area contributed by atoms with Crippen molar-refractivity contribution < 1.29 is 13.9 Å². The molecule has 96 valence electrons. The van der Waals surface area contributed by atoms with E-state index in [0.29, 0.717) is 12.2 Å². The van der Waals surface area contributed by atoms with Crippen molar-refractivity contribution in [2.75, 3.05) is 24.5 Å². The molecule has 2 aliphatic heterocycles. The molecule has 5 nitrogen and oxygen atoms in total. The molecule has 0 bridgehead atoms. The molecule has 3 heterocycles. The van der Waals surface area contributed by atoms with E-state index in [1.165, 1.54) is 17.2 Å². The van der Waals surface area contributed by atoms with E-state index in [-0.39, 0.29) is 0 Å². The van der Waals surface area contributed by atoms with Gasteiger partial charge in [0.05, 0.1) is 12.2 Å². The summed E-state index contributed by atoms with van der Waals surface area (Å²) in [7, 11) is 0. The van der Waals surface area contributed by atoms with Crippen molar-refractivity contribution in [3.63, 3.8) is 0 Å². The number of piperidine rings is 1. The van der Waals surface area contributed by atoms with Gasteiger partial charge in [-0.15, -0.1) is 0 Å². The topological polar surface area (TPSA) is 54.5 Å². The Morgan fingerprint density at radius 3 is 2.94 bits per heavy atom. The second-order valence-electron chi connectivity index (χ2n) is 4.72. The predicted octanol–water partition coefficient (Wildman–Crippen LogP) is 1.30. The van der Waals surface area contributed by atoms with Gasteiger partial charge in [-0.05, 0) is 19.2 Å². The Bertz CT molecular complexity index is 474. The zero-order chi connectivity index (χ0) is 12.6. The zero-order valence-corrected chi connectivity index (χ0v) is 9.86. The number of carbonyl (C=O) groups is 1. The molecule has 3 rings (SSSR count). The van der Waals surface area contributed by atoms with Gasteiger partial charge < -0.3 is 10.1 Å². The minimum Gasteiger partial charge on any atom is -0.441 e. The number of anilines is 1. The summed E-state index contributed by atoms with van der Waals surface area (Å²) in [6.45, 7) is 2.16. The molecule has 0 radical (unpaired) electrons. The number of aromatic nitrogens is 1. The molecule has 0 saturated carbocycles. The lowest BCUT2D eigenvalue weighted by Gasteiger charge is -2.31. The SMILES string of the molecule is O=C1OC2(CCNCC2)CN1c1ccnc(F)c1. The monoisotopic (exact) mass is 251 g/mol. The minimum absolute atomic E-state index is 0.400. The fraction of sp³-hybridized carbons (Fsp3) is 0.500. The van der Waals surface area contributed by atoms with E-state index in [1.54, 1.807) is 6.07 Å². The molecule has 2 fully saturated rings. The minimum atomic E-state index is -0.591. The molecule has 0 atom stereocenters. The highest BCUT2D eigenvalue weighted by molar-refractivity contribution is 5.90. The summed E-state index contributed by atoms with van der Waals surface area (Å²) >= 11 is 0. The lowest BCUT2D eigenvalue weighted by molar-refractivity contribution is 0.0316. The fourth-order valence-corrected chi connectivity index (χ4v) is 2.52. The normalized spacial score (nSPS) is 22.3. The van der Waals surface area contributed by atoms with Crippen LogP contribution in [0.3, 0.4) is 0 Å². The van der Waals surface area contributed by atoms with Crippen LogP contribution in [0.4, 0.5) is 14.9 Å². The molecule has 1 aromatic rings. The molecule has 6 heteroatoms. The van der Waals surface area contributed by atoms with E-state index < -0.39 is 17.6 Å². The Morgan fingerprint density at radius 1 is 1.44 bits per heavy atom. The van der Waals surface area contributed by atoms with Crippen LogP contribution in [0.25, 0.3) is 0 Å². The Balaban J connectivity index is 1.84. The second-order valence-corrected chi connectivity index (χ2v) is 4.72. The molecule has 2 aliphatic rings. The summed E-state index contributed by atoms with van der Waals surface area (Å²) in [4.78, 5) is 16.9. The second kappa shape index (κ2) is 4.20. The first-order valence-electron chi connectivity index (χ1n) is 6.01. The van der Waals surface area contributed by atoms with Gasteiger partial charge in [0.2, 0.25) is 5.95 Å². The Kier molecular flexibility index (Phi) is 2.66. The van der Waals surface area contributed by atoms with Gasteiger partial charge in [-0.3, -0.25) is 4.90 Å². The number of halogens is 1. The summed E-state index contributed by atoms with van der Waals surface area (Å²) in [6, 6.07) is 2.87. The highest BCUT2D eigenvalue weighted by atomic mass is 19.1. The van der Waals surface area contributed by atoms with E-state index >= 15 is 0 Å². The van der Waals surface area contributed by atoms with Gasteiger partial charge in [0.25, 0.3) is 0 Å². The van der Waals surface area contributed by atoms with Crippen molar-refractivity contribution in [1.29, 1.82) is 0 Å². The van der Waals surface area contributed by atoms with Gasteiger partial charge in [0.1, 0.15) is 5.60 Å². The van der Waals surface area contributed by atoms with Crippen LogP contribution in [0.15, 0.2) is 18.3 Å². The van der Waals surface area contributed by atoms with Crippen LogP contribution in [0, 0.1) is 5.95 Å². The van der Waals surface area contributed by atoms with Gasteiger partial charge in [-0.25, -0.2) is 9.78 Å². The maximum atomic E-state index is 13.1. The third-order valence-corrected chi connectivity index (χ3v) is 3.51. The lowest BCUT2D eigenvalue weighted by Crippen LogP contribution is -2.44. The number of carbonyl (C=O) groups excluding carboxylic acids is 1. The number of hydrogen-bond acceptors (Lipinski definition) is 4. The van der Waals surface area contributed by atoms with E-state index in [1.807, 2.05) is 0 Å². The standard InChI is InChI=1S/C12H14FN3O2/c13-10-7-9(1-4-15-10)16-8-12(18-11(16)17)2-5-14-6-3-12/h1,4,7,14H,2-3,5-6,8H2. The number of nitrogens with zero attached hydrogens (tertiary/aromatic N) is 2. The number of rotatable bonds is 1. The van der Waals surface area contributed by atoms with Crippen molar-refractivity contribution in [2.24, 2.45) is 0 Å². The van der Waals surface area contributed by atoms with Crippen molar-refractivity contribution in [3.8, 4) is 0 Å². The molecule has 1 aromatic heterocycles. The first-order chi connectivity index (χ1) is 8.69. The maximum absolute atomic E-state index is 13.1. The van der Waals surface area contributed by atoms with Crippen LogP contribution in [0.1, 0.15) is 12.8 Å². The Hall–Kier alpha value is -1.69. The Morgan fingerprint density at radius 2 is 2.22 bits per heavy atom. The molecule has 0 unspecified atom stereocenters. The average molecular weight is 251 g/mol. The molecule has 1 amide bonds. The molecule has 0 aliphatic carbocycles. The van der Waals surface area contributed by atoms with Gasteiger partial charge in [0, 0.05) is 25.1 Å². The van der Waals surface area contributed by atoms with Crippen LogP contribution in [0.2, 0.25) is 0 Å². The van der Waals surface area contributed by atoms with Gasteiger partial charge in [-0.2, -0.15) is 4.39 Å². The number of nitrogens with one attached hydrogen (secondary N) is 1. The summed E-state index contributed by atoms with van der Waals surface area (Å²) < 4.78 is 18.6. The largest absolute Gasteiger partial charge is 0.441 e. The van der Waals surface area contributed by atoms with Crippen molar-refractivity contribution in [2.45, 2.75) is 18.4 Å². The molecular formula is C12H14FN3O2. The molecule has 1 spiro atoms. The number of amides is 1. The first kappa shape index (κ1) is 11.4. The molecule has 1 N–H and O–H groups in total. The van der Waals surface area contributed by atoms with Crippen LogP contribution < -0.4 is 10.2 Å². The third kappa shape index (κ3) is 1.92. The zero-order valence-electron chi connectivity index (χ0n) is 9.86. The van der Waals surface area contributed by atoms with Gasteiger partial charge in [-0.1, -0.05) is 0 Å². The van der Waals surface area contributed by atoms with Crippen molar-refractivity contribution in [1.82, 2.24) is 10.3 Å². The lowest BCUT2D eigenvalue weighted by atomic mass is 9.92. The third-order valence-electron chi connectivity index (χ3n) is 3.51. The summed E-state index contributed by atoms with van der Waals surface area (Å²) in [5.41, 5.74) is 0.0881. The number of pyridine rings is 1. The molecular weight excluding hydrogens is 237 g/mol. The van der Waals surface area contributed by atoms with Crippen LogP contribution >= 0.6 is 0 Å².